The van der Waals surface area contributed by atoms with E-state index in [2.05, 4.69) is 0 Å². The number of benzene rings is 1. The molecule has 1 aromatic carbocycles. The Morgan fingerprint density at radius 1 is 1.40 bits per heavy atom. The van der Waals surface area contributed by atoms with Crippen molar-refractivity contribution in [2.24, 2.45) is 0 Å². The van der Waals surface area contributed by atoms with Gasteiger partial charge in [-0.3, -0.25) is 0 Å². The Morgan fingerprint density at radius 2 is 2.10 bits per heavy atom. The minimum absolute atomic E-state index is 0. The molecular formula is C7H11NOS. The number of hydrogen-bond acceptors (Lipinski definition) is 2. The molecule has 0 fully saturated rings. The van der Waals surface area contributed by atoms with Crippen LogP contribution in [0.2, 0.25) is 0 Å². The van der Waals surface area contributed by atoms with E-state index in [-0.39, 0.29) is 13.5 Å². The van der Waals surface area contributed by atoms with Crippen molar-refractivity contribution in [1.82, 2.24) is 0 Å². The van der Waals surface area contributed by atoms with Crippen molar-refractivity contribution in [1.29, 1.82) is 0 Å². The van der Waals surface area contributed by atoms with E-state index in [1.165, 1.54) is 0 Å². The Balaban J connectivity index is 0.000000810. The highest BCUT2D eigenvalue weighted by Gasteiger charge is 1.87. The average Bonchev–Trinajstić information content (AvgIpc) is 1.88. The third-order valence-corrected chi connectivity index (χ3v) is 1.09. The molecule has 0 spiro atoms. The van der Waals surface area contributed by atoms with Crippen LogP contribution in [-0.4, -0.2) is 7.11 Å². The minimum Gasteiger partial charge on any atom is -0.497 e. The minimum atomic E-state index is 0. The van der Waals surface area contributed by atoms with E-state index in [4.69, 9.17) is 10.5 Å². The summed E-state index contributed by atoms with van der Waals surface area (Å²) in [5.41, 5.74) is 6.19. The first-order valence-corrected chi connectivity index (χ1v) is 2.72. The normalized spacial score (nSPS) is 8.10. The van der Waals surface area contributed by atoms with Crippen LogP contribution < -0.4 is 10.5 Å². The summed E-state index contributed by atoms with van der Waals surface area (Å²) in [4.78, 5) is 0. The molecule has 1 aromatic rings. The summed E-state index contributed by atoms with van der Waals surface area (Å²) in [7, 11) is 1.62. The lowest BCUT2D eigenvalue weighted by atomic mass is 10.3. The van der Waals surface area contributed by atoms with Crippen LogP contribution in [0.25, 0.3) is 0 Å². The van der Waals surface area contributed by atoms with Crippen molar-refractivity contribution < 1.29 is 4.74 Å². The molecule has 0 aliphatic rings. The highest BCUT2D eigenvalue weighted by Crippen LogP contribution is 2.12. The van der Waals surface area contributed by atoms with Crippen LogP contribution in [0.3, 0.4) is 0 Å². The molecule has 0 aliphatic carbocycles. The van der Waals surface area contributed by atoms with E-state index in [1.54, 1.807) is 13.2 Å². The van der Waals surface area contributed by atoms with Crippen LogP contribution in [0, 0.1) is 0 Å². The number of rotatable bonds is 1. The van der Waals surface area contributed by atoms with Crippen LogP contribution in [-0.2, 0) is 0 Å². The number of nitrogens with two attached hydrogens (primary N) is 1. The summed E-state index contributed by atoms with van der Waals surface area (Å²) in [6, 6.07) is 7.31. The van der Waals surface area contributed by atoms with Crippen LogP contribution >= 0.6 is 13.5 Å². The van der Waals surface area contributed by atoms with E-state index in [0.717, 1.165) is 11.4 Å². The Labute approximate surface area is 67.4 Å². The van der Waals surface area contributed by atoms with E-state index < -0.39 is 0 Å². The summed E-state index contributed by atoms with van der Waals surface area (Å²) in [5, 5.41) is 0. The highest BCUT2D eigenvalue weighted by atomic mass is 32.1. The molecule has 0 unspecified atom stereocenters. The standard InChI is InChI=1S/C7H9NO.H2S/c1-9-7-4-2-3-6(8)5-7;/h2-5H,8H2,1H3;1H2. The molecule has 0 heterocycles. The molecule has 0 amide bonds. The zero-order chi connectivity index (χ0) is 6.69. The van der Waals surface area contributed by atoms with Crippen molar-refractivity contribution >= 4 is 19.2 Å². The second-order valence-electron chi connectivity index (χ2n) is 1.78. The van der Waals surface area contributed by atoms with Crippen molar-refractivity contribution in [3.8, 4) is 5.75 Å². The summed E-state index contributed by atoms with van der Waals surface area (Å²) < 4.78 is 4.92. The molecule has 56 valence electrons. The monoisotopic (exact) mass is 157 g/mol. The molecule has 2 N–H and O–H groups in total. The van der Waals surface area contributed by atoms with Crippen molar-refractivity contribution in [2.45, 2.75) is 0 Å². The van der Waals surface area contributed by atoms with Gasteiger partial charge in [-0.25, -0.2) is 0 Å². The molecule has 3 heteroatoms. The van der Waals surface area contributed by atoms with Gasteiger partial charge in [0.15, 0.2) is 0 Å². The summed E-state index contributed by atoms with van der Waals surface area (Å²) in [6.07, 6.45) is 0. The number of ether oxygens (including phenoxy) is 1. The zero-order valence-corrected chi connectivity index (χ0v) is 6.79. The zero-order valence-electron chi connectivity index (χ0n) is 5.79. The maximum absolute atomic E-state index is 5.45. The topological polar surface area (TPSA) is 35.2 Å². The first-order chi connectivity index (χ1) is 4.33. The van der Waals surface area contributed by atoms with Gasteiger partial charge in [0.1, 0.15) is 5.75 Å². The predicted octanol–water partition coefficient (Wildman–Crippen LogP) is 1.39. The SMILES string of the molecule is COc1cccc(N)c1.S. The third-order valence-electron chi connectivity index (χ3n) is 1.09. The number of hydrogen-bond donors (Lipinski definition) is 1. The maximum Gasteiger partial charge on any atom is 0.120 e. The molecule has 0 saturated heterocycles. The van der Waals surface area contributed by atoms with Gasteiger partial charge < -0.3 is 10.5 Å². The molecule has 10 heavy (non-hydrogen) atoms. The quantitative estimate of drug-likeness (QED) is 0.625. The Bertz CT molecular complexity index is 203. The molecule has 0 aromatic heterocycles. The van der Waals surface area contributed by atoms with E-state index in [9.17, 15) is 0 Å². The summed E-state index contributed by atoms with van der Waals surface area (Å²) in [5.74, 6) is 0.801. The largest absolute Gasteiger partial charge is 0.497 e. The maximum atomic E-state index is 5.45. The summed E-state index contributed by atoms with van der Waals surface area (Å²) in [6.45, 7) is 0. The molecule has 0 aliphatic heterocycles. The molecule has 0 saturated carbocycles. The lowest BCUT2D eigenvalue weighted by molar-refractivity contribution is 0.415. The lowest BCUT2D eigenvalue weighted by Gasteiger charge is -1.97. The average molecular weight is 157 g/mol. The molecule has 2 nitrogen and oxygen atoms in total. The Kier molecular flexibility index (Phi) is 3.72. The van der Waals surface area contributed by atoms with Crippen molar-refractivity contribution in [3.63, 3.8) is 0 Å². The van der Waals surface area contributed by atoms with Gasteiger partial charge >= 0.3 is 0 Å². The second-order valence-corrected chi connectivity index (χ2v) is 1.78. The van der Waals surface area contributed by atoms with E-state index in [0.29, 0.717) is 0 Å². The van der Waals surface area contributed by atoms with Gasteiger partial charge in [0, 0.05) is 11.8 Å². The van der Waals surface area contributed by atoms with Crippen LogP contribution in [0.15, 0.2) is 24.3 Å². The van der Waals surface area contributed by atoms with Crippen molar-refractivity contribution in [2.75, 3.05) is 12.8 Å². The number of methoxy groups -OCH3 is 1. The highest BCUT2D eigenvalue weighted by molar-refractivity contribution is 7.59. The molecule has 1 rings (SSSR count). The smallest absolute Gasteiger partial charge is 0.120 e. The van der Waals surface area contributed by atoms with Crippen molar-refractivity contribution in [3.05, 3.63) is 24.3 Å². The lowest BCUT2D eigenvalue weighted by Crippen LogP contribution is -1.86. The fourth-order valence-electron chi connectivity index (χ4n) is 0.642. The van der Waals surface area contributed by atoms with Gasteiger partial charge in [-0.2, -0.15) is 13.5 Å². The Hall–Kier alpha value is -0.830. The number of nitrogen functional groups attached to an aromatic ring is 1. The van der Waals surface area contributed by atoms with Crippen LogP contribution in [0.5, 0.6) is 5.75 Å². The van der Waals surface area contributed by atoms with E-state index >= 15 is 0 Å². The molecule has 0 radical (unpaired) electrons. The van der Waals surface area contributed by atoms with Gasteiger partial charge in [0.05, 0.1) is 7.11 Å². The molecule has 0 atom stereocenters. The van der Waals surface area contributed by atoms with Crippen LogP contribution in [0.4, 0.5) is 5.69 Å². The predicted molar refractivity (Wildman–Crippen MR) is 47.8 cm³/mol. The second kappa shape index (κ2) is 4.06. The number of anilines is 1. The van der Waals surface area contributed by atoms with Gasteiger partial charge in [0.2, 0.25) is 0 Å². The van der Waals surface area contributed by atoms with Gasteiger partial charge in [-0.15, -0.1) is 0 Å². The van der Waals surface area contributed by atoms with Gasteiger partial charge in [0.25, 0.3) is 0 Å². The Morgan fingerprint density at radius 3 is 2.50 bits per heavy atom. The molecular weight excluding hydrogens is 146 g/mol. The summed E-state index contributed by atoms with van der Waals surface area (Å²) >= 11 is 0. The van der Waals surface area contributed by atoms with E-state index in [1.807, 2.05) is 18.2 Å². The fraction of sp³-hybridized carbons (Fsp3) is 0.143. The fourth-order valence-corrected chi connectivity index (χ4v) is 0.642. The first kappa shape index (κ1) is 9.17. The first-order valence-electron chi connectivity index (χ1n) is 2.72. The van der Waals surface area contributed by atoms with Gasteiger partial charge in [-0.05, 0) is 12.1 Å². The molecule has 0 bridgehead atoms. The van der Waals surface area contributed by atoms with Gasteiger partial charge in [-0.1, -0.05) is 6.07 Å². The third kappa shape index (κ3) is 2.19. The van der Waals surface area contributed by atoms with Crippen LogP contribution in [0.1, 0.15) is 0 Å².